The molecule has 0 saturated heterocycles. The Morgan fingerprint density at radius 2 is 1.16 bits per heavy atom. The number of fused-ring (bicyclic) bond motifs is 3. The Kier molecular flexibility index (Phi) is 21.6. The number of nitrogens with two attached hydrogens (primary N) is 1. The van der Waals surface area contributed by atoms with Gasteiger partial charge in [-0.15, -0.1) is 0 Å². The fraction of sp³-hybridized carbons (Fsp3) is 0.542. The van der Waals surface area contributed by atoms with Gasteiger partial charge in [0.2, 0.25) is 29.5 Å². The Balaban J connectivity index is 1.63. The van der Waals surface area contributed by atoms with E-state index in [1.54, 1.807) is 41.5 Å². The first-order valence-corrected chi connectivity index (χ1v) is 22.9. The molecule has 384 valence electrons. The number of esters is 2. The second-order valence-electron chi connectivity index (χ2n) is 19.0. The normalized spacial score (nSPS) is 13.6. The molecule has 9 N–H and O–H groups in total. The number of nitrogens with one attached hydrogen (secondary N) is 7. The van der Waals surface area contributed by atoms with Crippen molar-refractivity contribution in [2.75, 3.05) is 32.8 Å². The summed E-state index contributed by atoms with van der Waals surface area (Å²) < 4.78 is 21.6. The molecule has 22 heteroatoms. The number of rotatable bonds is 24. The maximum Gasteiger partial charge on any atom is 0.408 e. The quantitative estimate of drug-likeness (QED) is 0.0549. The second kappa shape index (κ2) is 26.5. The number of ether oxygens (including phenoxy) is 4. The van der Waals surface area contributed by atoms with Crippen molar-refractivity contribution in [2.24, 2.45) is 11.7 Å². The Morgan fingerprint density at radius 3 is 1.73 bits per heavy atom. The molecule has 0 aromatic heterocycles. The number of primary amides is 1. The summed E-state index contributed by atoms with van der Waals surface area (Å²) in [5.41, 5.74) is 7.13. The zero-order valence-electron chi connectivity index (χ0n) is 41.2. The lowest BCUT2D eigenvalue weighted by Crippen LogP contribution is -2.54. The molecule has 0 bridgehead atoms. The van der Waals surface area contributed by atoms with E-state index in [2.05, 4.69) is 37.2 Å². The molecule has 0 fully saturated rings. The minimum Gasteiger partial charge on any atom is -0.458 e. The number of hydrogen-bond donors (Lipinski definition) is 8. The summed E-state index contributed by atoms with van der Waals surface area (Å²) in [6.07, 6.45) is -2.75. The Hall–Kier alpha value is -7.26. The van der Waals surface area contributed by atoms with E-state index in [0.29, 0.717) is 0 Å². The predicted octanol–water partition coefficient (Wildman–Crippen LogP) is 1.71. The first-order valence-electron chi connectivity index (χ1n) is 22.9. The molecule has 0 aliphatic heterocycles. The van der Waals surface area contributed by atoms with Crippen molar-refractivity contribution in [1.29, 1.82) is 0 Å². The molecule has 1 aliphatic rings. The van der Waals surface area contributed by atoms with E-state index in [1.807, 2.05) is 62.4 Å². The zero-order valence-corrected chi connectivity index (χ0v) is 41.2. The summed E-state index contributed by atoms with van der Waals surface area (Å²) in [5.74, 6) is -6.66. The van der Waals surface area contributed by atoms with E-state index >= 15 is 0 Å². The summed E-state index contributed by atoms with van der Waals surface area (Å²) in [5, 5.41) is 16.9. The molecular formula is C48H68N8O14. The third-order valence-electron chi connectivity index (χ3n) is 10.1. The molecule has 0 heterocycles. The van der Waals surface area contributed by atoms with Gasteiger partial charge in [-0.1, -0.05) is 62.4 Å². The molecular weight excluding hydrogens is 913 g/mol. The smallest absolute Gasteiger partial charge is 0.408 e. The van der Waals surface area contributed by atoms with Crippen LogP contribution >= 0.6 is 0 Å². The number of carbonyl (C=O) groups excluding carboxylic acids is 10. The largest absolute Gasteiger partial charge is 0.458 e. The monoisotopic (exact) mass is 980 g/mol. The number of alkyl carbamates (subject to hydrolysis) is 2. The standard InChI is InChI=1S/C48H68N8O14/c1-27(2)22-36(44(64)69-47(4,5)6)54-43(63)34(55-45(65)68-25-33-31-16-12-10-14-29(31)30-15-11-13-17-32(30)33)18-19-40(60)67-26-39(59)50-21-20-35(56-46(66)70-48(7,8)9)42(62)53-28(3)41(61)52-24-38(58)51-23-37(49)57/h10-17,27-28,33-36H,18-26H2,1-9H3,(H2,49,57)(H,50,59)(H,51,58)(H,52,61)(H,53,62)(H,54,63)(H,55,65)(H,56,66)/t28-,34-,35+,36-/m0/s1. The molecule has 1 aliphatic carbocycles. The summed E-state index contributed by atoms with van der Waals surface area (Å²) in [6.45, 7) is 12.8. The summed E-state index contributed by atoms with van der Waals surface area (Å²) >= 11 is 0. The first kappa shape index (κ1) is 57.1. The van der Waals surface area contributed by atoms with Crippen LogP contribution in [0.5, 0.6) is 0 Å². The van der Waals surface area contributed by atoms with Crippen LogP contribution in [0.2, 0.25) is 0 Å². The van der Waals surface area contributed by atoms with E-state index in [1.165, 1.54) is 6.92 Å². The summed E-state index contributed by atoms with van der Waals surface area (Å²) in [6, 6.07) is 10.4. The average Bonchev–Trinajstić information content (AvgIpc) is 3.58. The maximum atomic E-state index is 13.8. The third kappa shape index (κ3) is 20.1. The molecule has 0 saturated carbocycles. The van der Waals surface area contributed by atoms with Gasteiger partial charge in [-0.25, -0.2) is 14.4 Å². The highest BCUT2D eigenvalue weighted by atomic mass is 16.6. The number of benzene rings is 2. The van der Waals surface area contributed by atoms with Crippen molar-refractivity contribution in [3.63, 3.8) is 0 Å². The van der Waals surface area contributed by atoms with Crippen LogP contribution in [-0.4, -0.2) is 128 Å². The minimum atomic E-state index is -1.41. The summed E-state index contributed by atoms with van der Waals surface area (Å²) in [4.78, 5) is 127. The van der Waals surface area contributed by atoms with E-state index in [9.17, 15) is 47.9 Å². The van der Waals surface area contributed by atoms with Crippen LogP contribution in [0.15, 0.2) is 48.5 Å². The van der Waals surface area contributed by atoms with Gasteiger partial charge in [-0.05, 0) is 95.9 Å². The van der Waals surface area contributed by atoms with Gasteiger partial charge < -0.3 is 61.9 Å². The molecule has 0 unspecified atom stereocenters. The number of hydrogen-bond acceptors (Lipinski definition) is 14. The zero-order chi connectivity index (χ0) is 52.3. The van der Waals surface area contributed by atoms with E-state index in [4.69, 9.17) is 24.7 Å². The van der Waals surface area contributed by atoms with Crippen LogP contribution in [0, 0.1) is 5.92 Å². The van der Waals surface area contributed by atoms with E-state index in [0.717, 1.165) is 22.3 Å². The Bertz CT molecular complexity index is 2170. The van der Waals surface area contributed by atoms with Gasteiger partial charge in [0.25, 0.3) is 5.91 Å². The van der Waals surface area contributed by atoms with Crippen molar-refractivity contribution >= 4 is 59.6 Å². The van der Waals surface area contributed by atoms with Gasteiger partial charge in [0.1, 0.15) is 42.0 Å². The van der Waals surface area contributed by atoms with Gasteiger partial charge >= 0.3 is 24.1 Å². The number of amides is 8. The van der Waals surface area contributed by atoms with Gasteiger partial charge in [-0.3, -0.25) is 33.6 Å². The van der Waals surface area contributed by atoms with Crippen LogP contribution in [0.4, 0.5) is 9.59 Å². The fourth-order valence-corrected chi connectivity index (χ4v) is 6.94. The highest BCUT2D eigenvalue weighted by Crippen LogP contribution is 2.44. The fourth-order valence-electron chi connectivity index (χ4n) is 6.94. The minimum absolute atomic E-state index is 0.0519. The Morgan fingerprint density at radius 1 is 0.600 bits per heavy atom. The van der Waals surface area contributed by atoms with E-state index in [-0.39, 0.29) is 44.2 Å². The van der Waals surface area contributed by atoms with Crippen LogP contribution in [0.3, 0.4) is 0 Å². The summed E-state index contributed by atoms with van der Waals surface area (Å²) in [7, 11) is 0. The lowest BCUT2D eigenvalue weighted by Gasteiger charge is -2.27. The van der Waals surface area contributed by atoms with Crippen molar-refractivity contribution in [1.82, 2.24) is 37.2 Å². The van der Waals surface area contributed by atoms with Gasteiger partial charge in [0.15, 0.2) is 6.61 Å². The van der Waals surface area contributed by atoms with Gasteiger partial charge in [0.05, 0.1) is 13.1 Å². The molecule has 2 aromatic carbocycles. The van der Waals surface area contributed by atoms with Crippen LogP contribution in [0.1, 0.15) is 105 Å². The van der Waals surface area contributed by atoms with E-state index < -0.39 is 121 Å². The second-order valence-corrected chi connectivity index (χ2v) is 19.0. The highest BCUT2D eigenvalue weighted by Gasteiger charge is 2.33. The molecule has 2 aromatic rings. The molecule has 22 nitrogen and oxygen atoms in total. The highest BCUT2D eigenvalue weighted by molar-refractivity contribution is 5.93. The van der Waals surface area contributed by atoms with Crippen molar-refractivity contribution in [2.45, 2.75) is 129 Å². The Labute approximate surface area is 407 Å². The van der Waals surface area contributed by atoms with Crippen LogP contribution < -0.4 is 43.0 Å². The van der Waals surface area contributed by atoms with Gasteiger partial charge in [-0.2, -0.15) is 0 Å². The van der Waals surface area contributed by atoms with Crippen LogP contribution in [-0.2, 0) is 57.3 Å². The SMILES string of the molecule is CC(C)C[C@H](NC(=O)[C@H](CCC(=O)OCC(=O)NCC[C@@H](NC(=O)OC(C)(C)C)C(=O)N[C@@H](C)C(=O)NCC(=O)NCC(N)=O)NC(=O)OCC1c2ccccc2-c2ccccc21)C(=O)OC(C)(C)C. The molecule has 0 radical (unpaired) electrons. The average molecular weight is 981 g/mol. The molecule has 4 atom stereocenters. The maximum absolute atomic E-state index is 13.8. The predicted molar refractivity (Wildman–Crippen MR) is 253 cm³/mol. The van der Waals surface area contributed by atoms with Crippen LogP contribution in [0.25, 0.3) is 11.1 Å². The van der Waals surface area contributed by atoms with Crippen molar-refractivity contribution in [3.8, 4) is 11.1 Å². The first-order chi connectivity index (χ1) is 32.7. The van der Waals surface area contributed by atoms with Gasteiger partial charge in [0, 0.05) is 18.9 Å². The topological polar surface area (TPSA) is 318 Å². The molecule has 70 heavy (non-hydrogen) atoms. The van der Waals surface area contributed by atoms with Crippen molar-refractivity contribution < 1.29 is 66.9 Å². The third-order valence-corrected chi connectivity index (χ3v) is 10.1. The lowest BCUT2D eigenvalue weighted by atomic mass is 9.98. The lowest BCUT2D eigenvalue weighted by molar-refractivity contribution is -0.159. The molecule has 0 spiro atoms. The number of carbonyl (C=O) groups is 10. The molecule has 3 rings (SSSR count). The van der Waals surface area contributed by atoms with Crippen molar-refractivity contribution in [3.05, 3.63) is 59.7 Å². The molecule has 8 amide bonds.